The molecule has 0 bridgehead atoms. The normalized spacial score (nSPS) is 18.5. The monoisotopic (exact) mass is 334 g/mol. The van der Waals surface area contributed by atoms with Crippen LogP contribution in [0.3, 0.4) is 0 Å². The van der Waals surface area contributed by atoms with Gasteiger partial charge < -0.3 is 14.7 Å². The molecule has 122 valence electrons. The number of nitrogens with one attached hydrogen (secondary N) is 1. The van der Waals surface area contributed by atoms with E-state index in [2.05, 4.69) is 15.5 Å². The molecule has 1 saturated heterocycles. The highest BCUT2D eigenvalue weighted by atomic mass is 35.5. The van der Waals surface area contributed by atoms with Crippen molar-refractivity contribution in [2.24, 2.45) is 0 Å². The van der Waals surface area contributed by atoms with E-state index in [9.17, 15) is 4.79 Å². The van der Waals surface area contributed by atoms with Crippen LogP contribution in [0.15, 0.2) is 28.8 Å². The van der Waals surface area contributed by atoms with Gasteiger partial charge in [0, 0.05) is 29.1 Å². The average molecular weight is 335 g/mol. The van der Waals surface area contributed by atoms with Crippen LogP contribution in [0.25, 0.3) is 11.4 Å². The minimum absolute atomic E-state index is 0.0330. The second kappa shape index (κ2) is 5.85. The first-order valence-electron chi connectivity index (χ1n) is 7.49. The lowest BCUT2D eigenvalue weighted by atomic mass is 10.1. The largest absolute Gasteiger partial charge is 0.336 e. The lowest BCUT2D eigenvalue weighted by Crippen LogP contribution is -2.43. The summed E-state index contributed by atoms with van der Waals surface area (Å²) in [6.45, 7) is 6.70. The van der Waals surface area contributed by atoms with Crippen molar-refractivity contribution in [2.45, 2.75) is 38.8 Å². The van der Waals surface area contributed by atoms with E-state index in [4.69, 9.17) is 16.1 Å². The number of hydrogen-bond acceptors (Lipinski definition) is 5. The SMILES string of the molecule is CC(C)(C)N1CC(Nc2nc(-c3cccc(Cl)c3)no2)CC1=O. The van der Waals surface area contributed by atoms with Gasteiger partial charge in [-0.3, -0.25) is 4.79 Å². The van der Waals surface area contributed by atoms with Crippen molar-refractivity contribution in [2.75, 3.05) is 11.9 Å². The first-order chi connectivity index (χ1) is 10.8. The molecule has 7 heteroatoms. The van der Waals surface area contributed by atoms with Crippen LogP contribution in [0.5, 0.6) is 0 Å². The van der Waals surface area contributed by atoms with Crippen molar-refractivity contribution >= 4 is 23.5 Å². The second-order valence-electron chi connectivity index (χ2n) is 6.65. The molecule has 1 atom stereocenters. The maximum atomic E-state index is 12.1. The first kappa shape index (κ1) is 15.8. The Kier molecular flexibility index (Phi) is 4.02. The predicted octanol–water partition coefficient (Wildman–Crippen LogP) is 3.20. The molecule has 0 saturated carbocycles. The van der Waals surface area contributed by atoms with Crippen molar-refractivity contribution in [1.29, 1.82) is 0 Å². The van der Waals surface area contributed by atoms with Crippen LogP contribution in [0.2, 0.25) is 5.02 Å². The minimum Gasteiger partial charge on any atom is -0.336 e. The summed E-state index contributed by atoms with van der Waals surface area (Å²) in [6.07, 6.45) is 0.423. The molecule has 0 aliphatic carbocycles. The van der Waals surface area contributed by atoms with E-state index in [0.29, 0.717) is 29.8 Å². The zero-order valence-electron chi connectivity index (χ0n) is 13.3. The Morgan fingerprint density at radius 1 is 1.39 bits per heavy atom. The number of aromatic nitrogens is 2. The van der Waals surface area contributed by atoms with Gasteiger partial charge in [0.2, 0.25) is 11.7 Å². The number of nitrogens with zero attached hydrogens (tertiary/aromatic N) is 3. The number of amides is 1. The zero-order valence-corrected chi connectivity index (χ0v) is 14.1. The molecule has 6 nitrogen and oxygen atoms in total. The summed E-state index contributed by atoms with van der Waals surface area (Å²) in [6, 6.07) is 7.54. The van der Waals surface area contributed by atoms with Gasteiger partial charge in [0.15, 0.2) is 0 Å². The fraction of sp³-hybridized carbons (Fsp3) is 0.438. The highest BCUT2D eigenvalue weighted by Crippen LogP contribution is 2.25. The number of benzene rings is 1. The van der Waals surface area contributed by atoms with Crippen LogP contribution < -0.4 is 5.32 Å². The molecule has 3 rings (SSSR count). The summed E-state index contributed by atoms with van der Waals surface area (Å²) in [4.78, 5) is 18.3. The van der Waals surface area contributed by atoms with E-state index in [0.717, 1.165) is 5.56 Å². The highest BCUT2D eigenvalue weighted by molar-refractivity contribution is 6.30. The molecule has 1 aliphatic heterocycles. The Hall–Kier alpha value is -2.08. The maximum Gasteiger partial charge on any atom is 0.322 e. The Balaban J connectivity index is 1.70. The van der Waals surface area contributed by atoms with E-state index < -0.39 is 0 Å². The number of carbonyl (C=O) groups excluding carboxylic acids is 1. The number of carbonyl (C=O) groups is 1. The van der Waals surface area contributed by atoms with Gasteiger partial charge in [-0.25, -0.2) is 0 Å². The predicted molar refractivity (Wildman–Crippen MR) is 88.2 cm³/mol. The smallest absolute Gasteiger partial charge is 0.322 e. The van der Waals surface area contributed by atoms with Crippen molar-refractivity contribution in [3.8, 4) is 11.4 Å². The third-order valence-electron chi connectivity index (χ3n) is 3.77. The topological polar surface area (TPSA) is 71.3 Å². The van der Waals surface area contributed by atoms with Crippen LogP contribution in [-0.4, -0.2) is 39.1 Å². The quantitative estimate of drug-likeness (QED) is 0.933. The van der Waals surface area contributed by atoms with E-state index in [1.807, 2.05) is 37.8 Å². The van der Waals surface area contributed by atoms with Crippen molar-refractivity contribution in [3.63, 3.8) is 0 Å². The van der Waals surface area contributed by atoms with Crippen molar-refractivity contribution in [3.05, 3.63) is 29.3 Å². The molecule has 23 heavy (non-hydrogen) atoms. The average Bonchev–Trinajstić information content (AvgIpc) is 3.05. The van der Waals surface area contributed by atoms with Crippen molar-refractivity contribution < 1.29 is 9.32 Å². The van der Waals surface area contributed by atoms with Gasteiger partial charge in [-0.05, 0) is 32.9 Å². The van der Waals surface area contributed by atoms with E-state index in [-0.39, 0.29) is 17.5 Å². The van der Waals surface area contributed by atoms with Gasteiger partial charge in [0.1, 0.15) is 0 Å². The van der Waals surface area contributed by atoms with Gasteiger partial charge in [-0.1, -0.05) is 28.9 Å². The lowest BCUT2D eigenvalue weighted by Gasteiger charge is -2.31. The fourth-order valence-corrected chi connectivity index (χ4v) is 2.84. The van der Waals surface area contributed by atoms with Crippen LogP contribution in [0.4, 0.5) is 6.01 Å². The molecular formula is C16H19ClN4O2. The van der Waals surface area contributed by atoms with Gasteiger partial charge in [0.25, 0.3) is 0 Å². The maximum absolute atomic E-state index is 12.1. The van der Waals surface area contributed by atoms with Crippen LogP contribution in [-0.2, 0) is 4.79 Å². The molecule has 2 heterocycles. The van der Waals surface area contributed by atoms with Crippen molar-refractivity contribution in [1.82, 2.24) is 15.0 Å². The van der Waals surface area contributed by atoms with E-state index >= 15 is 0 Å². The van der Waals surface area contributed by atoms with Gasteiger partial charge in [-0.2, -0.15) is 4.98 Å². The van der Waals surface area contributed by atoms with Crippen LogP contribution >= 0.6 is 11.6 Å². The molecule has 1 aromatic carbocycles. The molecule has 1 N–H and O–H groups in total. The highest BCUT2D eigenvalue weighted by Gasteiger charge is 2.36. The summed E-state index contributed by atoms with van der Waals surface area (Å²) in [5.41, 5.74) is 0.599. The Morgan fingerprint density at radius 2 is 2.17 bits per heavy atom. The molecule has 0 spiro atoms. The molecule has 1 aliphatic rings. The number of hydrogen-bond donors (Lipinski definition) is 1. The molecule has 1 aromatic heterocycles. The number of anilines is 1. The number of rotatable bonds is 3. The molecular weight excluding hydrogens is 316 g/mol. The molecule has 0 radical (unpaired) electrons. The first-order valence-corrected chi connectivity index (χ1v) is 7.87. The Labute approximate surface area is 139 Å². The second-order valence-corrected chi connectivity index (χ2v) is 7.09. The minimum atomic E-state index is -0.186. The zero-order chi connectivity index (χ0) is 16.6. The van der Waals surface area contributed by atoms with Crippen LogP contribution in [0.1, 0.15) is 27.2 Å². The van der Waals surface area contributed by atoms with Gasteiger partial charge in [0.05, 0.1) is 6.04 Å². The third kappa shape index (κ3) is 3.47. The summed E-state index contributed by atoms with van der Waals surface area (Å²) >= 11 is 5.97. The van der Waals surface area contributed by atoms with Crippen LogP contribution in [0, 0.1) is 0 Å². The van der Waals surface area contributed by atoms with E-state index in [1.54, 1.807) is 12.1 Å². The molecule has 2 aromatic rings. The summed E-state index contributed by atoms with van der Waals surface area (Å²) in [5.74, 6) is 0.594. The number of halogens is 1. The third-order valence-corrected chi connectivity index (χ3v) is 4.01. The van der Waals surface area contributed by atoms with Gasteiger partial charge in [-0.15, -0.1) is 0 Å². The molecule has 1 fully saturated rings. The van der Waals surface area contributed by atoms with Gasteiger partial charge >= 0.3 is 6.01 Å². The Bertz CT molecular complexity index is 723. The summed E-state index contributed by atoms with van der Waals surface area (Å²) < 4.78 is 5.23. The molecule has 1 amide bonds. The summed E-state index contributed by atoms with van der Waals surface area (Å²) in [7, 11) is 0. The number of likely N-dealkylation sites (tertiary alicyclic amines) is 1. The lowest BCUT2D eigenvalue weighted by molar-refractivity contribution is -0.131. The fourth-order valence-electron chi connectivity index (χ4n) is 2.65. The molecule has 1 unspecified atom stereocenters. The van der Waals surface area contributed by atoms with E-state index in [1.165, 1.54) is 0 Å². The standard InChI is InChI=1S/C16H19ClN4O2/c1-16(2,3)21-9-12(8-13(21)22)18-15-19-14(20-23-15)10-5-4-6-11(17)7-10/h4-7,12H,8-9H2,1-3H3,(H,18,19,20). The summed E-state index contributed by atoms with van der Waals surface area (Å²) in [5, 5.41) is 7.71. The Morgan fingerprint density at radius 3 is 2.83 bits per heavy atom.